The maximum Gasteiger partial charge on any atom is 0.340 e. The number of carbonyl (C=O) groups is 2. The average molecular weight is 403 g/mol. The second-order valence-corrected chi connectivity index (χ2v) is 6.91. The van der Waals surface area contributed by atoms with Crippen molar-refractivity contribution >= 4 is 11.8 Å². The molecule has 1 aromatic carbocycles. The van der Waals surface area contributed by atoms with E-state index in [-0.39, 0.29) is 24.5 Å². The van der Waals surface area contributed by atoms with Gasteiger partial charge in [-0.1, -0.05) is 0 Å². The molecule has 1 aliphatic rings. The van der Waals surface area contributed by atoms with E-state index in [0.29, 0.717) is 30.2 Å². The van der Waals surface area contributed by atoms with Crippen LogP contribution in [0.4, 0.5) is 0 Å². The van der Waals surface area contributed by atoms with Gasteiger partial charge in [0, 0.05) is 38.6 Å². The molecule has 2 aromatic rings. The van der Waals surface area contributed by atoms with Crippen LogP contribution < -0.4 is 15.7 Å². The zero-order chi connectivity index (χ0) is 20.8. The number of hydrogen-bond acceptors (Lipinski definition) is 6. The summed E-state index contributed by atoms with van der Waals surface area (Å²) in [7, 11) is 1.51. The van der Waals surface area contributed by atoms with Crippen molar-refractivity contribution in [2.75, 3.05) is 26.8 Å². The van der Waals surface area contributed by atoms with E-state index in [9.17, 15) is 14.4 Å². The zero-order valence-corrected chi connectivity index (χ0v) is 16.4. The van der Waals surface area contributed by atoms with E-state index in [2.05, 4.69) is 20.5 Å². The average Bonchev–Trinajstić information content (AvgIpc) is 3.16. The molecular formula is C19H25N5O5. The quantitative estimate of drug-likeness (QED) is 0.621. The summed E-state index contributed by atoms with van der Waals surface area (Å²) in [5.41, 5.74) is 0.0542. The van der Waals surface area contributed by atoms with Crippen molar-refractivity contribution in [1.29, 1.82) is 0 Å². The van der Waals surface area contributed by atoms with E-state index in [1.807, 2.05) is 0 Å². The predicted octanol–water partition coefficient (Wildman–Crippen LogP) is 0.605. The summed E-state index contributed by atoms with van der Waals surface area (Å²) >= 11 is 0. The number of methoxy groups -OCH3 is 1. The number of amides is 2. The Morgan fingerprint density at radius 2 is 1.97 bits per heavy atom. The number of H-pyrrole nitrogens is 2. The van der Waals surface area contributed by atoms with Gasteiger partial charge in [-0.25, -0.2) is 9.89 Å². The van der Waals surface area contributed by atoms with Gasteiger partial charge in [0.2, 0.25) is 5.91 Å². The minimum atomic E-state index is -0.441. The number of nitrogens with zero attached hydrogens (tertiary/aromatic N) is 2. The highest BCUT2D eigenvalue weighted by Crippen LogP contribution is 2.20. The largest absolute Gasteiger partial charge is 0.490 e. The normalized spacial score (nSPS) is 15.7. The van der Waals surface area contributed by atoms with Gasteiger partial charge >= 0.3 is 5.69 Å². The number of hydrogen-bond donors (Lipinski definition) is 3. The molecule has 2 amide bonds. The van der Waals surface area contributed by atoms with E-state index in [1.165, 1.54) is 7.11 Å². The second-order valence-electron chi connectivity index (χ2n) is 6.91. The van der Waals surface area contributed by atoms with Crippen LogP contribution in [0.1, 0.15) is 42.0 Å². The summed E-state index contributed by atoms with van der Waals surface area (Å²) in [5.74, 6) is 0.749. The lowest BCUT2D eigenvalue weighted by Crippen LogP contribution is -2.43. The van der Waals surface area contributed by atoms with E-state index in [4.69, 9.17) is 9.47 Å². The van der Waals surface area contributed by atoms with Crippen molar-refractivity contribution < 1.29 is 19.1 Å². The smallest absolute Gasteiger partial charge is 0.340 e. The van der Waals surface area contributed by atoms with Crippen LogP contribution in [0.25, 0.3) is 0 Å². The molecule has 3 N–H and O–H groups in total. The van der Waals surface area contributed by atoms with Crippen LogP contribution >= 0.6 is 0 Å². The Hall–Kier alpha value is -3.14. The van der Waals surface area contributed by atoms with Gasteiger partial charge in [0.25, 0.3) is 5.91 Å². The molecule has 3 rings (SSSR count). The number of nitrogens with one attached hydrogen (secondary N) is 3. The standard InChI is InChI=1S/C19H25N5O5/c1-12(17-21-19(27)23-22-17)20-18(26)13-3-5-14(6-4-13)29-15-7-9-24(10-8-15)16(25)11-28-2/h3-6,12,15H,7-11H2,1-2H3,(H,20,26)(H2,21,22,23,27)/t12-/m1/s1. The Kier molecular flexibility index (Phi) is 6.65. The van der Waals surface area contributed by atoms with Gasteiger partial charge in [-0.2, -0.15) is 5.10 Å². The van der Waals surface area contributed by atoms with Crippen molar-refractivity contribution in [1.82, 2.24) is 25.4 Å². The molecule has 0 radical (unpaired) electrons. The second kappa shape index (κ2) is 9.37. The molecule has 10 nitrogen and oxygen atoms in total. The molecule has 2 heterocycles. The minimum absolute atomic E-state index is 0.00513. The van der Waals surface area contributed by atoms with E-state index >= 15 is 0 Å². The summed E-state index contributed by atoms with van der Waals surface area (Å²) in [5, 5.41) is 8.85. The third-order valence-electron chi connectivity index (χ3n) is 4.76. The molecular weight excluding hydrogens is 378 g/mol. The number of benzene rings is 1. The fourth-order valence-corrected chi connectivity index (χ4v) is 3.15. The number of aromatic amines is 2. The molecule has 1 fully saturated rings. The lowest BCUT2D eigenvalue weighted by atomic mass is 10.1. The van der Waals surface area contributed by atoms with Gasteiger partial charge in [0.15, 0.2) is 5.82 Å². The molecule has 1 atom stereocenters. The molecule has 1 aromatic heterocycles. The summed E-state index contributed by atoms with van der Waals surface area (Å²) in [6, 6.07) is 6.42. The van der Waals surface area contributed by atoms with Gasteiger partial charge in [-0.05, 0) is 31.2 Å². The third-order valence-corrected chi connectivity index (χ3v) is 4.76. The van der Waals surface area contributed by atoms with Crippen LogP contribution in [0.5, 0.6) is 5.75 Å². The van der Waals surface area contributed by atoms with Crippen LogP contribution in [0, 0.1) is 0 Å². The first-order valence-electron chi connectivity index (χ1n) is 9.45. The van der Waals surface area contributed by atoms with Gasteiger partial charge in [-0.15, -0.1) is 0 Å². The molecule has 156 valence electrons. The van der Waals surface area contributed by atoms with Crippen LogP contribution in [-0.2, 0) is 9.53 Å². The highest BCUT2D eigenvalue weighted by atomic mass is 16.5. The summed E-state index contributed by atoms with van der Waals surface area (Å²) < 4.78 is 10.9. The first kappa shape index (κ1) is 20.6. The Bertz CT molecular complexity index is 883. The van der Waals surface area contributed by atoms with Crippen LogP contribution in [0.3, 0.4) is 0 Å². The highest BCUT2D eigenvalue weighted by molar-refractivity contribution is 5.94. The van der Waals surface area contributed by atoms with Crippen molar-refractivity contribution in [2.45, 2.75) is 31.9 Å². The number of likely N-dealkylation sites (tertiary alicyclic amines) is 1. The Balaban J connectivity index is 1.49. The number of rotatable bonds is 7. The third kappa shape index (κ3) is 5.44. The number of carbonyl (C=O) groups excluding carboxylic acids is 2. The summed E-state index contributed by atoms with van der Waals surface area (Å²) in [6.45, 7) is 3.11. The van der Waals surface area contributed by atoms with E-state index < -0.39 is 11.7 Å². The minimum Gasteiger partial charge on any atom is -0.490 e. The fraction of sp³-hybridized carbons (Fsp3) is 0.474. The first-order chi connectivity index (χ1) is 14.0. The number of ether oxygens (including phenoxy) is 2. The monoisotopic (exact) mass is 403 g/mol. The van der Waals surface area contributed by atoms with Crippen molar-refractivity contribution in [2.24, 2.45) is 0 Å². The van der Waals surface area contributed by atoms with E-state index in [0.717, 1.165) is 12.8 Å². The van der Waals surface area contributed by atoms with Crippen LogP contribution in [-0.4, -0.2) is 64.8 Å². The topological polar surface area (TPSA) is 129 Å². The molecule has 10 heteroatoms. The van der Waals surface area contributed by atoms with Crippen molar-refractivity contribution in [3.63, 3.8) is 0 Å². The molecule has 0 aliphatic carbocycles. The van der Waals surface area contributed by atoms with Crippen LogP contribution in [0.2, 0.25) is 0 Å². The Labute approximate surface area is 167 Å². The number of aromatic nitrogens is 3. The van der Waals surface area contributed by atoms with Gasteiger partial charge in [0.1, 0.15) is 18.5 Å². The molecule has 0 bridgehead atoms. The number of piperidine rings is 1. The predicted molar refractivity (Wildman–Crippen MR) is 104 cm³/mol. The Morgan fingerprint density at radius 1 is 1.28 bits per heavy atom. The zero-order valence-electron chi connectivity index (χ0n) is 16.4. The van der Waals surface area contributed by atoms with Gasteiger partial charge < -0.3 is 19.7 Å². The SMILES string of the molecule is COCC(=O)N1CCC(Oc2ccc(C(=O)N[C@H](C)c3n[nH]c(=O)[nH]3)cc2)CC1. The summed E-state index contributed by atoms with van der Waals surface area (Å²) in [6.07, 6.45) is 1.52. The molecule has 0 spiro atoms. The van der Waals surface area contributed by atoms with Crippen LogP contribution in [0.15, 0.2) is 29.1 Å². The molecule has 1 saturated heterocycles. The lowest BCUT2D eigenvalue weighted by molar-refractivity contribution is -0.136. The lowest BCUT2D eigenvalue weighted by Gasteiger charge is -2.32. The van der Waals surface area contributed by atoms with Crippen molar-refractivity contribution in [3.8, 4) is 5.75 Å². The maximum absolute atomic E-state index is 12.4. The molecule has 29 heavy (non-hydrogen) atoms. The van der Waals surface area contributed by atoms with E-state index in [1.54, 1.807) is 36.1 Å². The van der Waals surface area contributed by atoms with Crippen molar-refractivity contribution in [3.05, 3.63) is 46.1 Å². The maximum atomic E-state index is 12.4. The highest BCUT2D eigenvalue weighted by Gasteiger charge is 2.23. The Morgan fingerprint density at radius 3 is 2.55 bits per heavy atom. The molecule has 0 unspecified atom stereocenters. The first-order valence-corrected chi connectivity index (χ1v) is 9.45. The molecule has 1 aliphatic heterocycles. The molecule has 0 saturated carbocycles. The summed E-state index contributed by atoms with van der Waals surface area (Å²) in [4.78, 5) is 39.6. The fourth-order valence-electron chi connectivity index (χ4n) is 3.15. The van der Waals surface area contributed by atoms with Gasteiger partial charge in [0.05, 0.1) is 6.04 Å². The van der Waals surface area contributed by atoms with Gasteiger partial charge in [-0.3, -0.25) is 14.6 Å².